The van der Waals surface area contributed by atoms with Crippen molar-refractivity contribution in [1.82, 2.24) is 0 Å². The van der Waals surface area contributed by atoms with Gasteiger partial charge in [0.2, 0.25) is 0 Å². The van der Waals surface area contributed by atoms with Crippen LogP contribution in [0.3, 0.4) is 0 Å². The van der Waals surface area contributed by atoms with Crippen molar-refractivity contribution in [3.05, 3.63) is 164 Å². The van der Waals surface area contributed by atoms with E-state index in [0.717, 1.165) is 32.2 Å². The molecule has 0 fully saturated rings. The second-order valence-electron chi connectivity index (χ2n) is 10.8. The minimum atomic E-state index is -3.15. The molecule has 0 saturated carbocycles. The zero-order chi connectivity index (χ0) is 28.1. The fourth-order valence-corrected chi connectivity index (χ4v) is 9.35. The van der Waals surface area contributed by atoms with Crippen LogP contribution >= 0.6 is 7.14 Å². The molecular weight excluding hydrogens is 527 g/mol. The number of hydrogen-bond donors (Lipinski definition) is 0. The summed E-state index contributed by atoms with van der Waals surface area (Å²) in [5.74, 6) is 0. The van der Waals surface area contributed by atoms with Crippen LogP contribution in [0.1, 0.15) is 0 Å². The second kappa shape index (κ2) is 9.84. The monoisotopic (exact) mass is 554 g/mol. The number of hydrogen-bond acceptors (Lipinski definition) is 1. The molecule has 1 nitrogen and oxygen atoms in total. The molecule has 8 aromatic carbocycles. The first-order valence-corrected chi connectivity index (χ1v) is 16.0. The average Bonchev–Trinajstić information content (AvgIpc) is 3.07. The summed E-state index contributed by atoms with van der Waals surface area (Å²) in [6.45, 7) is 0. The third kappa shape index (κ3) is 3.82. The Balaban J connectivity index is 1.35. The van der Waals surface area contributed by atoms with Crippen LogP contribution < -0.4 is 15.9 Å². The van der Waals surface area contributed by atoms with Crippen molar-refractivity contribution < 1.29 is 4.57 Å². The Labute approximate surface area is 245 Å². The first-order chi connectivity index (χ1) is 20.7. The molecule has 0 aliphatic rings. The molecule has 0 aliphatic heterocycles. The van der Waals surface area contributed by atoms with E-state index in [0.29, 0.717) is 0 Å². The lowest BCUT2D eigenvalue weighted by atomic mass is 9.91. The van der Waals surface area contributed by atoms with Crippen molar-refractivity contribution in [2.75, 3.05) is 0 Å². The summed E-state index contributed by atoms with van der Waals surface area (Å²) < 4.78 is 15.4. The van der Waals surface area contributed by atoms with Crippen molar-refractivity contribution in [2.24, 2.45) is 0 Å². The van der Waals surface area contributed by atoms with Crippen LogP contribution in [-0.4, -0.2) is 0 Å². The van der Waals surface area contributed by atoms with E-state index < -0.39 is 7.14 Å². The molecular formula is C40H27OP. The smallest absolute Gasteiger partial charge is 0.171 e. The normalized spacial score (nSPS) is 13.0. The van der Waals surface area contributed by atoms with E-state index in [-0.39, 0.29) is 0 Å². The quantitative estimate of drug-likeness (QED) is 0.156. The van der Waals surface area contributed by atoms with E-state index in [4.69, 9.17) is 0 Å². The molecule has 8 aromatic rings. The molecule has 198 valence electrons. The summed E-state index contributed by atoms with van der Waals surface area (Å²) in [6.07, 6.45) is 0. The van der Waals surface area contributed by atoms with Crippen LogP contribution in [0.2, 0.25) is 0 Å². The van der Waals surface area contributed by atoms with Crippen LogP contribution in [0.15, 0.2) is 164 Å². The van der Waals surface area contributed by atoms with Crippen LogP contribution in [0.25, 0.3) is 54.2 Å². The standard InChI is InChI=1S/C40H27OP/c41-42(31-14-2-1-3-15-31,40-20-10-13-28-11-5-7-17-34(28)40)32-24-21-30(22-25-32)38-27-39-33-16-6-4-12-29(33)23-26-37(39)35-18-8-9-19-36(35)38/h1-27H. The molecule has 42 heavy (non-hydrogen) atoms. The fourth-order valence-electron chi connectivity index (χ4n) is 6.50. The van der Waals surface area contributed by atoms with E-state index in [1.165, 1.54) is 37.9 Å². The molecule has 0 aromatic heterocycles. The largest absolute Gasteiger partial charge is 0.309 e. The van der Waals surface area contributed by atoms with Crippen molar-refractivity contribution in [3.8, 4) is 11.1 Å². The highest BCUT2D eigenvalue weighted by Crippen LogP contribution is 2.45. The molecule has 2 heteroatoms. The van der Waals surface area contributed by atoms with Crippen LogP contribution in [0, 0.1) is 0 Å². The number of fused-ring (bicyclic) bond motifs is 6. The summed E-state index contributed by atoms with van der Waals surface area (Å²) in [7, 11) is -3.15. The van der Waals surface area contributed by atoms with Gasteiger partial charge in [0, 0.05) is 15.9 Å². The SMILES string of the molecule is O=P(c1ccccc1)(c1ccc(-c2cc3c4ccccc4ccc3c3ccccc23)cc1)c1cccc2ccccc12. The molecule has 0 heterocycles. The van der Waals surface area contributed by atoms with Gasteiger partial charge in [0.25, 0.3) is 0 Å². The topological polar surface area (TPSA) is 17.1 Å². The van der Waals surface area contributed by atoms with Crippen LogP contribution in [0.4, 0.5) is 0 Å². The molecule has 0 spiro atoms. The van der Waals surface area contributed by atoms with Crippen molar-refractivity contribution in [1.29, 1.82) is 0 Å². The van der Waals surface area contributed by atoms with Crippen molar-refractivity contribution in [3.63, 3.8) is 0 Å². The first-order valence-electron chi connectivity index (χ1n) is 14.3. The van der Waals surface area contributed by atoms with Gasteiger partial charge in [-0.3, -0.25) is 0 Å². The lowest BCUT2D eigenvalue weighted by Gasteiger charge is -2.22. The van der Waals surface area contributed by atoms with Gasteiger partial charge >= 0.3 is 0 Å². The third-order valence-electron chi connectivity index (χ3n) is 8.53. The lowest BCUT2D eigenvalue weighted by Crippen LogP contribution is -2.25. The summed E-state index contributed by atoms with van der Waals surface area (Å²) in [5.41, 5.74) is 2.29. The highest BCUT2D eigenvalue weighted by Gasteiger charge is 2.31. The molecule has 0 aliphatic carbocycles. The number of rotatable bonds is 4. The maximum Gasteiger partial charge on any atom is 0.171 e. The van der Waals surface area contributed by atoms with Gasteiger partial charge < -0.3 is 4.57 Å². The molecule has 0 saturated heterocycles. The minimum absolute atomic E-state index is 0.837. The molecule has 0 bridgehead atoms. The van der Waals surface area contributed by atoms with Gasteiger partial charge in [0.05, 0.1) is 0 Å². The van der Waals surface area contributed by atoms with Crippen molar-refractivity contribution in [2.45, 2.75) is 0 Å². The Morgan fingerprint density at radius 3 is 1.67 bits per heavy atom. The minimum Gasteiger partial charge on any atom is -0.309 e. The van der Waals surface area contributed by atoms with Crippen LogP contribution in [0.5, 0.6) is 0 Å². The van der Waals surface area contributed by atoms with Crippen LogP contribution in [-0.2, 0) is 4.57 Å². The maximum absolute atomic E-state index is 15.4. The van der Waals surface area contributed by atoms with Gasteiger partial charge in [0.1, 0.15) is 0 Å². The van der Waals surface area contributed by atoms with E-state index >= 15 is 4.57 Å². The zero-order valence-corrected chi connectivity index (χ0v) is 23.8. The third-order valence-corrected chi connectivity index (χ3v) is 11.7. The van der Waals surface area contributed by atoms with Gasteiger partial charge in [0.15, 0.2) is 7.14 Å². The van der Waals surface area contributed by atoms with E-state index in [9.17, 15) is 0 Å². The highest BCUT2D eigenvalue weighted by molar-refractivity contribution is 7.85. The predicted molar refractivity (Wildman–Crippen MR) is 181 cm³/mol. The van der Waals surface area contributed by atoms with E-state index in [2.05, 4.69) is 109 Å². The summed E-state index contributed by atoms with van der Waals surface area (Å²) in [5, 5.41) is 12.1. The zero-order valence-electron chi connectivity index (χ0n) is 22.9. The van der Waals surface area contributed by atoms with Gasteiger partial charge in [-0.15, -0.1) is 0 Å². The second-order valence-corrected chi connectivity index (χ2v) is 13.6. The average molecular weight is 555 g/mol. The number of benzene rings is 8. The Kier molecular flexibility index (Phi) is 5.81. The molecule has 0 amide bonds. The molecule has 0 radical (unpaired) electrons. The Hall–Kier alpha value is -4.97. The summed E-state index contributed by atoms with van der Waals surface area (Å²) in [4.78, 5) is 0. The highest BCUT2D eigenvalue weighted by atomic mass is 31.2. The van der Waals surface area contributed by atoms with Gasteiger partial charge in [-0.2, -0.15) is 0 Å². The lowest BCUT2D eigenvalue weighted by molar-refractivity contribution is 0.592. The fraction of sp³-hybridized carbons (Fsp3) is 0. The van der Waals surface area contributed by atoms with E-state index in [1.807, 2.05) is 54.6 Å². The molecule has 1 atom stereocenters. The summed E-state index contributed by atoms with van der Waals surface area (Å²) in [6, 6.07) is 56.8. The van der Waals surface area contributed by atoms with Crippen molar-refractivity contribution >= 4 is 66.1 Å². The molecule has 8 rings (SSSR count). The predicted octanol–water partition coefficient (Wildman–Crippen LogP) is 9.61. The van der Waals surface area contributed by atoms with E-state index in [1.54, 1.807) is 0 Å². The maximum atomic E-state index is 15.4. The summed E-state index contributed by atoms with van der Waals surface area (Å²) >= 11 is 0. The van der Waals surface area contributed by atoms with Gasteiger partial charge in [-0.1, -0.05) is 158 Å². The van der Waals surface area contributed by atoms with Gasteiger partial charge in [-0.05, 0) is 60.3 Å². The Morgan fingerprint density at radius 1 is 0.357 bits per heavy atom. The van der Waals surface area contributed by atoms with Gasteiger partial charge in [-0.25, -0.2) is 0 Å². The Bertz CT molecular complexity index is 2310. The molecule has 0 N–H and O–H groups in total. The first kappa shape index (κ1) is 24.8. The molecule has 1 unspecified atom stereocenters. The Morgan fingerprint density at radius 2 is 0.905 bits per heavy atom.